The number of rotatable bonds is 7. The fraction of sp³-hybridized carbons (Fsp3) is 0.423. The monoisotopic (exact) mass is 470 g/mol. The van der Waals surface area contributed by atoms with Crippen molar-refractivity contribution < 1.29 is 19.0 Å². The minimum atomic E-state index is -0.0823. The second kappa shape index (κ2) is 10.6. The third-order valence-corrected chi connectivity index (χ3v) is 6.34. The van der Waals surface area contributed by atoms with Gasteiger partial charge in [-0.3, -0.25) is 9.69 Å². The van der Waals surface area contributed by atoms with Crippen molar-refractivity contribution in [1.29, 1.82) is 0 Å². The van der Waals surface area contributed by atoms with Gasteiger partial charge >= 0.3 is 0 Å². The number of hydrogen-bond acceptors (Lipinski definition) is 5. The number of fused-ring (bicyclic) bond motifs is 1. The number of halogens is 1. The first-order chi connectivity index (χ1) is 15.9. The predicted molar refractivity (Wildman–Crippen MR) is 131 cm³/mol. The van der Waals surface area contributed by atoms with Gasteiger partial charge in [0.2, 0.25) is 0 Å². The maximum Gasteiger partial charge on any atom is 0.251 e. The summed E-state index contributed by atoms with van der Waals surface area (Å²) in [6.45, 7) is 7.95. The van der Waals surface area contributed by atoms with Crippen LogP contribution >= 0.6 is 11.6 Å². The smallest absolute Gasteiger partial charge is 0.251 e. The van der Waals surface area contributed by atoms with E-state index in [1.807, 2.05) is 36.4 Å². The number of carbonyl (C=O) groups excluding carboxylic acids is 1. The molecule has 0 radical (unpaired) electrons. The highest BCUT2D eigenvalue weighted by atomic mass is 35.5. The van der Waals surface area contributed by atoms with Crippen LogP contribution in [0.3, 0.4) is 0 Å². The van der Waals surface area contributed by atoms with Crippen molar-refractivity contribution >= 4 is 29.3 Å². The van der Waals surface area contributed by atoms with Crippen molar-refractivity contribution in [1.82, 2.24) is 4.90 Å². The summed E-state index contributed by atoms with van der Waals surface area (Å²) in [7, 11) is 1.64. The number of carbonyl (C=O) groups is 1. The Morgan fingerprint density at radius 1 is 1.18 bits per heavy atom. The number of ether oxygens (including phenoxy) is 3. The molecule has 0 N–H and O–H groups in total. The second-order valence-corrected chi connectivity index (χ2v) is 9.00. The van der Waals surface area contributed by atoms with Crippen LogP contribution in [0.25, 0.3) is 6.08 Å². The SMILES string of the molecule is COc1cc2c(cc1OCCN1CC(C)OC(C)C1)N(C(=O)/C=C/c1ccccc1Cl)CC2. The number of hydrogen-bond donors (Lipinski definition) is 0. The van der Waals surface area contributed by atoms with Crippen molar-refractivity contribution in [2.24, 2.45) is 0 Å². The lowest BCUT2D eigenvalue weighted by Gasteiger charge is -2.35. The Balaban J connectivity index is 1.44. The fourth-order valence-corrected chi connectivity index (χ4v) is 4.71. The Hall–Kier alpha value is -2.54. The summed E-state index contributed by atoms with van der Waals surface area (Å²) in [4.78, 5) is 17.1. The first-order valence-electron chi connectivity index (χ1n) is 11.4. The minimum Gasteiger partial charge on any atom is -0.493 e. The zero-order valence-corrected chi connectivity index (χ0v) is 20.2. The van der Waals surface area contributed by atoms with Crippen LogP contribution in [0.15, 0.2) is 42.5 Å². The van der Waals surface area contributed by atoms with Crippen LogP contribution in [-0.2, 0) is 16.0 Å². The molecule has 176 valence electrons. The zero-order chi connectivity index (χ0) is 23.4. The molecule has 0 bridgehead atoms. The molecule has 6 nitrogen and oxygen atoms in total. The molecule has 4 rings (SSSR count). The van der Waals surface area contributed by atoms with Gasteiger partial charge in [-0.05, 0) is 49.6 Å². The average Bonchev–Trinajstić information content (AvgIpc) is 3.20. The van der Waals surface area contributed by atoms with E-state index in [-0.39, 0.29) is 18.1 Å². The van der Waals surface area contributed by atoms with E-state index in [0.717, 1.165) is 42.9 Å². The van der Waals surface area contributed by atoms with E-state index < -0.39 is 0 Å². The lowest BCUT2D eigenvalue weighted by atomic mass is 10.1. The Bertz CT molecular complexity index is 1020. The minimum absolute atomic E-state index is 0.0823. The Kier molecular flexibility index (Phi) is 7.58. The summed E-state index contributed by atoms with van der Waals surface area (Å²) >= 11 is 6.21. The average molecular weight is 471 g/mol. The van der Waals surface area contributed by atoms with Gasteiger partial charge < -0.3 is 19.1 Å². The van der Waals surface area contributed by atoms with Crippen LogP contribution in [-0.4, -0.2) is 62.9 Å². The summed E-state index contributed by atoms with van der Waals surface area (Å²) in [6.07, 6.45) is 4.56. The van der Waals surface area contributed by atoms with Crippen molar-refractivity contribution in [3.05, 3.63) is 58.6 Å². The second-order valence-electron chi connectivity index (χ2n) is 8.59. The van der Waals surface area contributed by atoms with E-state index in [0.29, 0.717) is 29.7 Å². The third kappa shape index (κ3) is 5.69. The quantitative estimate of drug-likeness (QED) is 0.560. The van der Waals surface area contributed by atoms with Crippen molar-refractivity contribution in [2.75, 3.05) is 44.8 Å². The number of morpholine rings is 1. The first-order valence-corrected chi connectivity index (χ1v) is 11.8. The van der Waals surface area contributed by atoms with Crippen LogP contribution < -0.4 is 14.4 Å². The summed E-state index contributed by atoms with van der Waals surface area (Å²) in [5.74, 6) is 1.26. The van der Waals surface area contributed by atoms with Gasteiger partial charge in [0.25, 0.3) is 5.91 Å². The van der Waals surface area contributed by atoms with Crippen LogP contribution in [0.4, 0.5) is 5.69 Å². The molecule has 1 amide bonds. The lowest BCUT2D eigenvalue weighted by molar-refractivity contribution is -0.114. The number of amides is 1. The Labute approximate surface area is 200 Å². The molecule has 7 heteroatoms. The largest absolute Gasteiger partial charge is 0.493 e. The van der Waals surface area contributed by atoms with E-state index in [4.69, 9.17) is 25.8 Å². The third-order valence-electron chi connectivity index (χ3n) is 6.00. The van der Waals surface area contributed by atoms with Gasteiger partial charge in [-0.2, -0.15) is 0 Å². The van der Waals surface area contributed by atoms with Gasteiger partial charge in [0.15, 0.2) is 11.5 Å². The normalized spacial score (nSPS) is 20.8. The summed E-state index contributed by atoms with van der Waals surface area (Å²) in [5, 5.41) is 0.618. The summed E-state index contributed by atoms with van der Waals surface area (Å²) in [6, 6.07) is 11.4. The molecule has 1 fully saturated rings. The van der Waals surface area contributed by atoms with Crippen LogP contribution in [0.2, 0.25) is 5.02 Å². The molecule has 0 saturated carbocycles. The summed E-state index contributed by atoms with van der Waals surface area (Å²) in [5.41, 5.74) is 2.76. The molecule has 0 aromatic heterocycles. The fourth-order valence-electron chi connectivity index (χ4n) is 4.51. The maximum atomic E-state index is 12.9. The van der Waals surface area contributed by atoms with Crippen LogP contribution in [0.1, 0.15) is 25.0 Å². The summed E-state index contributed by atoms with van der Waals surface area (Å²) < 4.78 is 17.5. The Morgan fingerprint density at radius 2 is 1.94 bits per heavy atom. The van der Waals surface area contributed by atoms with E-state index in [2.05, 4.69) is 18.7 Å². The van der Waals surface area contributed by atoms with E-state index in [1.54, 1.807) is 24.2 Å². The number of anilines is 1. The number of nitrogens with zero attached hydrogens (tertiary/aromatic N) is 2. The first kappa shape index (κ1) is 23.6. The molecule has 2 aromatic rings. The van der Waals surface area contributed by atoms with Crippen molar-refractivity contribution in [3.63, 3.8) is 0 Å². The molecule has 2 unspecified atom stereocenters. The van der Waals surface area contributed by atoms with Crippen molar-refractivity contribution in [3.8, 4) is 11.5 Å². The van der Waals surface area contributed by atoms with Crippen LogP contribution in [0, 0.1) is 0 Å². The number of methoxy groups -OCH3 is 1. The van der Waals surface area contributed by atoms with Gasteiger partial charge in [-0.1, -0.05) is 29.8 Å². The molecule has 0 spiro atoms. The topological polar surface area (TPSA) is 51.2 Å². The highest BCUT2D eigenvalue weighted by Crippen LogP contribution is 2.39. The van der Waals surface area contributed by atoms with Gasteiger partial charge in [0.05, 0.1) is 25.0 Å². The van der Waals surface area contributed by atoms with Gasteiger partial charge in [-0.15, -0.1) is 0 Å². The Morgan fingerprint density at radius 3 is 2.67 bits per heavy atom. The van der Waals surface area contributed by atoms with Crippen LogP contribution in [0.5, 0.6) is 11.5 Å². The van der Waals surface area contributed by atoms with E-state index >= 15 is 0 Å². The molecule has 2 aliphatic heterocycles. The standard InChI is InChI=1S/C26H31ClN2O4/c1-18-16-28(17-19(2)33-18)12-13-32-25-15-23-21(14-24(25)31-3)10-11-29(23)26(30)9-8-20-6-4-5-7-22(20)27/h4-9,14-15,18-19H,10-13,16-17H2,1-3H3/b9-8+. The molecule has 2 aliphatic rings. The van der Waals surface area contributed by atoms with E-state index in [9.17, 15) is 4.79 Å². The molecule has 2 aromatic carbocycles. The number of benzene rings is 2. The van der Waals surface area contributed by atoms with Gasteiger partial charge in [0.1, 0.15) is 6.61 Å². The lowest BCUT2D eigenvalue weighted by Crippen LogP contribution is -2.46. The molecular weight excluding hydrogens is 440 g/mol. The molecule has 2 heterocycles. The molecule has 0 aliphatic carbocycles. The maximum absolute atomic E-state index is 12.9. The molecular formula is C26H31ClN2O4. The molecule has 2 atom stereocenters. The molecule has 1 saturated heterocycles. The highest BCUT2D eigenvalue weighted by molar-refractivity contribution is 6.32. The highest BCUT2D eigenvalue weighted by Gasteiger charge is 2.26. The predicted octanol–water partition coefficient (Wildman–Crippen LogP) is 4.44. The van der Waals surface area contributed by atoms with Gasteiger partial charge in [-0.25, -0.2) is 0 Å². The van der Waals surface area contributed by atoms with E-state index in [1.165, 1.54) is 0 Å². The zero-order valence-electron chi connectivity index (χ0n) is 19.4. The molecule has 33 heavy (non-hydrogen) atoms. The van der Waals surface area contributed by atoms with Crippen molar-refractivity contribution in [2.45, 2.75) is 32.5 Å². The van der Waals surface area contributed by atoms with Gasteiger partial charge in [0, 0.05) is 43.3 Å².